The Balaban J connectivity index is 1.82. The molecule has 1 heterocycles. The first-order chi connectivity index (χ1) is 11.9. The molecule has 134 valence electrons. The monoisotopic (exact) mass is 387 g/mol. The van der Waals surface area contributed by atoms with E-state index in [0.717, 1.165) is 24.3 Å². The van der Waals surface area contributed by atoms with Crippen LogP contribution in [0.1, 0.15) is 17.2 Å². The third-order valence-electron chi connectivity index (χ3n) is 4.06. The van der Waals surface area contributed by atoms with Gasteiger partial charge in [-0.25, -0.2) is 21.6 Å². The van der Waals surface area contributed by atoms with Crippen molar-refractivity contribution in [1.29, 1.82) is 0 Å². The molecule has 0 bridgehead atoms. The molecule has 0 N–H and O–H groups in total. The largest absolute Gasteiger partial charge is 0.246 e. The van der Waals surface area contributed by atoms with Crippen LogP contribution in [0.15, 0.2) is 47.4 Å². The molecule has 1 aliphatic heterocycles. The molecule has 1 saturated heterocycles. The smallest absolute Gasteiger partial charge is 0.207 e. The molecule has 1 aliphatic rings. The highest BCUT2D eigenvalue weighted by Crippen LogP contribution is 2.37. The highest BCUT2D eigenvalue weighted by molar-refractivity contribution is 7.99. The Labute approximate surface area is 148 Å². The van der Waals surface area contributed by atoms with Crippen molar-refractivity contribution in [3.8, 4) is 0 Å². The van der Waals surface area contributed by atoms with Crippen LogP contribution in [0.4, 0.5) is 13.2 Å². The molecule has 2 aromatic rings. The molecule has 0 aromatic heterocycles. The van der Waals surface area contributed by atoms with Crippen LogP contribution in [0, 0.1) is 17.5 Å². The number of benzene rings is 2. The molecule has 0 saturated carbocycles. The SMILES string of the molecule is O=S(=O)(c1ccccc1F)N1CCSC(c2cc(F)ccc2F)CC1. The highest BCUT2D eigenvalue weighted by Gasteiger charge is 2.31. The van der Waals surface area contributed by atoms with Crippen molar-refractivity contribution >= 4 is 21.8 Å². The Bertz CT molecular complexity index is 874. The fourth-order valence-corrected chi connectivity index (χ4v) is 5.67. The van der Waals surface area contributed by atoms with E-state index in [9.17, 15) is 21.6 Å². The van der Waals surface area contributed by atoms with Crippen LogP contribution in [0.25, 0.3) is 0 Å². The molecule has 3 nitrogen and oxygen atoms in total. The zero-order chi connectivity index (χ0) is 18.0. The van der Waals surface area contributed by atoms with E-state index < -0.39 is 27.5 Å². The van der Waals surface area contributed by atoms with Crippen molar-refractivity contribution in [3.63, 3.8) is 0 Å². The summed E-state index contributed by atoms with van der Waals surface area (Å²) in [4.78, 5) is -0.365. The van der Waals surface area contributed by atoms with Crippen molar-refractivity contribution in [2.75, 3.05) is 18.8 Å². The summed E-state index contributed by atoms with van der Waals surface area (Å²) in [6.07, 6.45) is 0.318. The minimum atomic E-state index is -3.96. The summed E-state index contributed by atoms with van der Waals surface area (Å²) in [5, 5.41) is -0.350. The molecule has 1 atom stereocenters. The van der Waals surface area contributed by atoms with Crippen LogP contribution in [0.5, 0.6) is 0 Å². The zero-order valence-electron chi connectivity index (χ0n) is 13.2. The fourth-order valence-electron chi connectivity index (χ4n) is 2.79. The van der Waals surface area contributed by atoms with E-state index in [-0.39, 0.29) is 28.8 Å². The topological polar surface area (TPSA) is 37.4 Å². The van der Waals surface area contributed by atoms with Crippen LogP contribution in [0.2, 0.25) is 0 Å². The average molecular weight is 387 g/mol. The summed E-state index contributed by atoms with van der Waals surface area (Å²) in [5.74, 6) is -1.43. The van der Waals surface area contributed by atoms with E-state index in [1.54, 1.807) is 0 Å². The number of hydrogen-bond acceptors (Lipinski definition) is 3. The molecule has 1 unspecified atom stereocenters. The highest BCUT2D eigenvalue weighted by atomic mass is 32.2. The maximum absolute atomic E-state index is 14.0. The van der Waals surface area contributed by atoms with Gasteiger partial charge in [0.15, 0.2) is 0 Å². The number of hydrogen-bond donors (Lipinski definition) is 0. The van der Waals surface area contributed by atoms with Crippen LogP contribution < -0.4 is 0 Å². The Hall–Kier alpha value is -1.51. The molecule has 2 aromatic carbocycles. The second kappa shape index (κ2) is 7.39. The molecule has 1 fully saturated rings. The van der Waals surface area contributed by atoms with E-state index in [2.05, 4.69) is 0 Å². The Morgan fingerprint density at radius 3 is 2.52 bits per heavy atom. The normalized spacial score (nSPS) is 19.6. The standard InChI is InChI=1S/C17H16F3NO2S2/c18-12-5-6-14(19)13(11-12)16-7-8-21(9-10-24-16)25(22,23)17-4-2-1-3-15(17)20/h1-6,11,16H,7-10H2. The van der Waals surface area contributed by atoms with Gasteiger partial charge in [0, 0.05) is 29.7 Å². The number of nitrogens with zero attached hydrogens (tertiary/aromatic N) is 1. The molecule has 3 rings (SSSR count). The molecule has 0 radical (unpaired) electrons. The Morgan fingerprint density at radius 1 is 1.00 bits per heavy atom. The van der Waals surface area contributed by atoms with Gasteiger partial charge in [-0.15, -0.1) is 0 Å². The van der Waals surface area contributed by atoms with Gasteiger partial charge in [0.2, 0.25) is 10.0 Å². The Kier molecular flexibility index (Phi) is 5.41. The van der Waals surface area contributed by atoms with Crippen LogP contribution in [0.3, 0.4) is 0 Å². The van der Waals surface area contributed by atoms with Crippen LogP contribution in [-0.4, -0.2) is 31.6 Å². The molecule has 0 amide bonds. The summed E-state index contributed by atoms with van der Waals surface area (Å²) in [7, 11) is -3.96. The second-order valence-electron chi connectivity index (χ2n) is 5.65. The van der Waals surface area contributed by atoms with E-state index in [1.165, 1.54) is 34.3 Å². The summed E-state index contributed by atoms with van der Waals surface area (Å²) in [5.41, 5.74) is 0.232. The zero-order valence-corrected chi connectivity index (χ0v) is 14.8. The first kappa shape index (κ1) is 18.3. The van der Waals surface area contributed by atoms with Gasteiger partial charge in [-0.3, -0.25) is 0 Å². The minimum absolute atomic E-state index is 0.115. The van der Waals surface area contributed by atoms with Crippen LogP contribution >= 0.6 is 11.8 Å². The van der Waals surface area contributed by atoms with Gasteiger partial charge in [0.25, 0.3) is 0 Å². The third kappa shape index (κ3) is 3.86. The first-order valence-corrected chi connectivity index (χ1v) is 10.2. The van der Waals surface area contributed by atoms with Crippen molar-refractivity contribution in [1.82, 2.24) is 4.31 Å². The summed E-state index contributed by atoms with van der Waals surface area (Å²) >= 11 is 1.37. The van der Waals surface area contributed by atoms with Gasteiger partial charge >= 0.3 is 0 Å². The lowest BCUT2D eigenvalue weighted by Gasteiger charge is -2.20. The summed E-state index contributed by atoms with van der Waals surface area (Å²) < 4.78 is 67.8. The molecular formula is C17H16F3NO2S2. The van der Waals surface area contributed by atoms with Gasteiger partial charge in [-0.1, -0.05) is 12.1 Å². The lowest BCUT2D eigenvalue weighted by Crippen LogP contribution is -2.33. The molecule has 8 heteroatoms. The maximum Gasteiger partial charge on any atom is 0.246 e. The van der Waals surface area contributed by atoms with E-state index in [0.29, 0.717) is 12.2 Å². The predicted molar refractivity (Wildman–Crippen MR) is 91.3 cm³/mol. The van der Waals surface area contributed by atoms with Gasteiger partial charge in [-0.2, -0.15) is 16.1 Å². The number of halogens is 3. The predicted octanol–water partition coefficient (Wildman–Crippen LogP) is 3.97. The molecule has 0 spiro atoms. The number of rotatable bonds is 3. The van der Waals surface area contributed by atoms with E-state index in [1.807, 2.05) is 0 Å². The molecular weight excluding hydrogens is 371 g/mol. The second-order valence-corrected chi connectivity index (χ2v) is 8.87. The van der Waals surface area contributed by atoms with Gasteiger partial charge in [-0.05, 0) is 36.8 Å². The van der Waals surface area contributed by atoms with Crippen LogP contribution in [-0.2, 0) is 10.0 Å². The van der Waals surface area contributed by atoms with Crippen molar-refractivity contribution in [2.24, 2.45) is 0 Å². The molecule has 25 heavy (non-hydrogen) atoms. The summed E-state index contributed by atoms with van der Waals surface area (Å²) in [6, 6.07) is 8.49. The minimum Gasteiger partial charge on any atom is -0.207 e. The van der Waals surface area contributed by atoms with Gasteiger partial charge < -0.3 is 0 Å². The van der Waals surface area contributed by atoms with Crippen molar-refractivity contribution in [3.05, 3.63) is 65.5 Å². The van der Waals surface area contributed by atoms with Crippen molar-refractivity contribution in [2.45, 2.75) is 16.6 Å². The number of sulfonamides is 1. The quantitative estimate of drug-likeness (QED) is 0.800. The maximum atomic E-state index is 14.0. The number of thioether (sulfide) groups is 1. The Morgan fingerprint density at radius 2 is 1.76 bits per heavy atom. The fraction of sp³-hybridized carbons (Fsp3) is 0.294. The first-order valence-electron chi connectivity index (χ1n) is 7.71. The molecule has 0 aliphatic carbocycles. The van der Waals surface area contributed by atoms with E-state index >= 15 is 0 Å². The average Bonchev–Trinajstić information content (AvgIpc) is 2.84. The third-order valence-corrected chi connectivity index (χ3v) is 7.30. The van der Waals surface area contributed by atoms with E-state index in [4.69, 9.17) is 0 Å². The van der Waals surface area contributed by atoms with Crippen molar-refractivity contribution < 1.29 is 21.6 Å². The van der Waals surface area contributed by atoms with Gasteiger partial charge in [0.1, 0.15) is 22.3 Å². The van der Waals surface area contributed by atoms with Gasteiger partial charge in [0.05, 0.1) is 0 Å². The lowest BCUT2D eigenvalue weighted by molar-refractivity contribution is 0.422. The summed E-state index contributed by atoms with van der Waals surface area (Å²) in [6.45, 7) is 0.305. The lowest BCUT2D eigenvalue weighted by atomic mass is 10.1.